The molecule has 48 heavy (non-hydrogen) atoms. The quantitative estimate of drug-likeness (QED) is 0.141. The summed E-state index contributed by atoms with van der Waals surface area (Å²) in [6.07, 6.45) is 6.25. The van der Waals surface area contributed by atoms with Crippen molar-refractivity contribution in [2.75, 3.05) is 30.3 Å². The van der Waals surface area contributed by atoms with Gasteiger partial charge in [0.25, 0.3) is 0 Å². The molecular formula is C38H39N7O2S. The summed E-state index contributed by atoms with van der Waals surface area (Å²) in [5, 5.41) is 18.6. The molecular weight excluding hydrogens is 619 g/mol. The van der Waals surface area contributed by atoms with Crippen LogP contribution >= 0.6 is 11.3 Å². The van der Waals surface area contributed by atoms with Gasteiger partial charge in [0.15, 0.2) is 0 Å². The van der Waals surface area contributed by atoms with Crippen LogP contribution in [0.3, 0.4) is 0 Å². The second kappa shape index (κ2) is 13.7. The van der Waals surface area contributed by atoms with Crippen LogP contribution in [0.4, 0.5) is 17.3 Å². The zero-order valence-corrected chi connectivity index (χ0v) is 28.0. The zero-order valence-electron chi connectivity index (χ0n) is 27.1. The summed E-state index contributed by atoms with van der Waals surface area (Å²) >= 11 is 1.57. The Morgan fingerprint density at radius 1 is 0.958 bits per heavy atom. The van der Waals surface area contributed by atoms with Crippen molar-refractivity contribution in [3.8, 4) is 22.6 Å². The first-order valence-corrected chi connectivity index (χ1v) is 17.2. The Balaban J connectivity index is 1.10. The molecule has 9 nitrogen and oxygen atoms in total. The minimum atomic E-state index is -0.666. The van der Waals surface area contributed by atoms with Crippen molar-refractivity contribution < 1.29 is 9.90 Å². The van der Waals surface area contributed by atoms with Crippen LogP contribution < -0.4 is 10.6 Å². The number of thiophene rings is 1. The molecule has 6 aromatic rings. The highest BCUT2D eigenvalue weighted by atomic mass is 32.1. The van der Waals surface area contributed by atoms with Crippen LogP contribution in [0, 0.1) is 0 Å². The second-order valence-electron chi connectivity index (χ2n) is 13.0. The van der Waals surface area contributed by atoms with E-state index in [1.807, 2.05) is 90.5 Å². The van der Waals surface area contributed by atoms with Gasteiger partial charge in [0, 0.05) is 40.8 Å². The number of benzene rings is 2. The minimum Gasteiger partial charge on any atom is -0.389 e. The largest absolute Gasteiger partial charge is 0.389 e. The van der Waals surface area contributed by atoms with Crippen molar-refractivity contribution in [2.45, 2.75) is 44.6 Å². The van der Waals surface area contributed by atoms with Crippen molar-refractivity contribution in [1.29, 1.82) is 0 Å². The molecule has 1 saturated heterocycles. The summed E-state index contributed by atoms with van der Waals surface area (Å²) in [6, 6.07) is 28.1. The van der Waals surface area contributed by atoms with E-state index in [1.54, 1.807) is 17.5 Å². The van der Waals surface area contributed by atoms with Crippen molar-refractivity contribution in [3.63, 3.8) is 0 Å². The number of likely N-dealkylation sites (tertiary alicyclic amines) is 1. The normalized spacial score (nSPS) is 14.3. The average molecular weight is 658 g/mol. The second-order valence-corrected chi connectivity index (χ2v) is 14.0. The van der Waals surface area contributed by atoms with Gasteiger partial charge in [0.1, 0.15) is 5.65 Å². The van der Waals surface area contributed by atoms with Gasteiger partial charge in [-0.1, -0.05) is 36.4 Å². The molecule has 0 unspecified atom stereocenters. The number of piperidine rings is 1. The lowest BCUT2D eigenvalue weighted by Crippen LogP contribution is -2.42. The summed E-state index contributed by atoms with van der Waals surface area (Å²) in [6.45, 7) is 6.44. The van der Waals surface area contributed by atoms with Gasteiger partial charge >= 0.3 is 0 Å². The molecule has 3 N–H and O–H groups in total. The van der Waals surface area contributed by atoms with Crippen molar-refractivity contribution in [1.82, 2.24) is 24.3 Å². The Labute approximate surface area is 284 Å². The number of β-amino-alcohol motifs (C(OH)–C–C–N with tert-alkyl or cyclic N) is 1. The molecule has 1 aliphatic rings. The monoisotopic (exact) mass is 657 g/mol. The van der Waals surface area contributed by atoms with E-state index in [9.17, 15) is 9.90 Å². The molecule has 0 spiro atoms. The molecule has 0 atom stereocenters. The molecule has 0 saturated carbocycles. The summed E-state index contributed by atoms with van der Waals surface area (Å²) in [4.78, 5) is 30.6. The number of aromatic nitrogens is 4. The number of nitrogens with zero attached hydrogens (tertiary/aromatic N) is 5. The van der Waals surface area contributed by atoms with E-state index in [1.165, 1.54) is 5.56 Å². The summed E-state index contributed by atoms with van der Waals surface area (Å²) in [7, 11) is 0. The Hall–Kier alpha value is -4.90. The van der Waals surface area contributed by atoms with Gasteiger partial charge in [0.05, 0.1) is 29.1 Å². The number of hydrogen-bond acceptors (Lipinski definition) is 8. The third-order valence-corrected chi connectivity index (χ3v) is 9.48. The fourth-order valence-corrected chi connectivity index (χ4v) is 7.16. The number of fused-ring (bicyclic) bond motifs is 1. The van der Waals surface area contributed by atoms with Gasteiger partial charge in [-0.05, 0) is 105 Å². The molecule has 4 aromatic heterocycles. The Morgan fingerprint density at radius 3 is 2.56 bits per heavy atom. The maximum atomic E-state index is 12.7. The van der Waals surface area contributed by atoms with Crippen molar-refractivity contribution in [2.24, 2.45) is 0 Å². The van der Waals surface area contributed by atoms with E-state index in [-0.39, 0.29) is 5.91 Å². The van der Waals surface area contributed by atoms with E-state index in [4.69, 9.17) is 9.97 Å². The smallest absolute Gasteiger partial charge is 0.229 e. The van der Waals surface area contributed by atoms with E-state index in [2.05, 4.69) is 44.8 Å². The lowest BCUT2D eigenvalue weighted by Gasteiger charge is -2.35. The molecule has 7 rings (SSSR count). The highest BCUT2D eigenvalue weighted by Gasteiger charge is 2.25. The standard InChI is InChI=1S/C38H39N7O2S/c1-38(2,47)25-44-20-16-27(17-21-44)26-11-13-29(14-12-26)41-37-39-18-15-32(42-37)36-35(43-33-10-3-4-19-45(33)36)28-7-5-8-30(23-28)40-34(46)24-31-9-6-22-48-31/h3-15,18-19,22-23,27,47H,16-17,20-21,24-25H2,1-2H3,(H,40,46)(H,39,41,42). The molecule has 0 radical (unpaired) electrons. The molecule has 0 bridgehead atoms. The maximum absolute atomic E-state index is 12.7. The molecule has 2 aromatic carbocycles. The molecule has 1 aliphatic heterocycles. The molecule has 10 heteroatoms. The molecule has 1 fully saturated rings. The number of pyridine rings is 1. The highest BCUT2D eigenvalue weighted by molar-refractivity contribution is 7.10. The van der Waals surface area contributed by atoms with E-state index in [0.29, 0.717) is 30.5 Å². The molecule has 1 amide bonds. The predicted octanol–water partition coefficient (Wildman–Crippen LogP) is 7.39. The number of hydrogen-bond donors (Lipinski definition) is 3. The third kappa shape index (κ3) is 7.46. The van der Waals surface area contributed by atoms with Gasteiger partial charge in [-0.2, -0.15) is 0 Å². The zero-order chi connectivity index (χ0) is 33.1. The van der Waals surface area contributed by atoms with Gasteiger partial charge in [-0.25, -0.2) is 15.0 Å². The summed E-state index contributed by atoms with van der Waals surface area (Å²) < 4.78 is 2.03. The fraction of sp³-hybridized carbons (Fsp3) is 0.263. The summed E-state index contributed by atoms with van der Waals surface area (Å²) in [5.74, 6) is 0.946. The lowest BCUT2D eigenvalue weighted by atomic mass is 9.89. The molecule has 5 heterocycles. The number of anilines is 3. The van der Waals surface area contributed by atoms with E-state index < -0.39 is 5.60 Å². The fourth-order valence-electron chi connectivity index (χ4n) is 6.45. The Kier molecular flexibility index (Phi) is 9.03. The van der Waals surface area contributed by atoms with Gasteiger partial charge in [-0.15, -0.1) is 11.3 Å². The lowest BCUT2D eigenvalue weighted by molar-refractivity contribution is -0.115. The number of aliphatic hydroxyl groups is 1. The Morgan fingerprint density at radius 2 is 1.79 bits per heavy atom. The number of rotatable bonds is 10. The first-order valence-electron chi connectivity index (χ1n) is 16.3. The van der Waals surface area contributed by atoms with Gasteiger partial charge in [0.2, 0.25) is 11.9 Å². The number of amides is 1. The molecule has 244 valence electrons. The van der Waals surface area contributed by atoms with Gasteiger partial charge in [-0.3, -0.25) is 9.20 Å². The summed E-state index contributed by atoms with van der Waals surface area (Å²) in [5.41, 5.74) is 6.29. The number of carbonyl (C=O) groups is 1. The van der Waals surface area contributed by atoms with Crippen LogP contribution in [-0.2, 0) is 11.2 Å². The van der Waals surface area contributed by atoms with Gasteiger partial charge < -0.3 is 20.6 Å². The minimum absolute atomic E-state index is 0.0584. The van der Waals surface area contributed by atoms with Crippen LogP contribution in [0.15, 0.2) is 103 Å². The van der Waals surface area contributed by atoms with Crippen LogP contribution in [-0.4, -0.2) is 60.5 Å². The van der Waals surface area contributed by atoms with E-state index in [0.717, 1.165) is 64.8 Å². The third-order valence-electron chi connectivity index (χ3n) is 8.60. The van der Waals surface area contributed by atoms with Crippen molar-refractivity contribution >= 4 is 40.2 Å². The first-order chi connectivity index (χ1) is 23.3. The van der Waals surface area contributed by atoms with Crippen LogP contribution in [0.25, 0.3) is 28.3 Å². The van der Waals surface area contributed by atoms with Crippen LogP contribution in [0.5, 0.6) is 0 Å². The highest BCUT2D eigenvalue weighted by Crippen LogP contribution is 2.34. The van der Waals surface area contributed by atoms with Crippen molar-refractivity contribution in [3.05, 3.63) is 113 Å². The maximum Gasteiger partial charge on any atom is 0.229 e. The first kappa shape index (κ1) is 31.7. The SMILES string of the molecule is CC(C)(O)CN1CCC(c2ccc(Nc3nccc(-c4c(-c5cccc(NC(=O)Cc6cccs6)c5)nc5ccccn45)n3)cc2)CC1. The van der Waals surface area contributed by atoms with Crippen LogP contribution in [0.2, 0.25) is 0 Å². The number of imidazole rings is 1. The number of nitrogens with one attached hydrogen (secondary N) is 2. The number of carbonyl (C=O) groups excluding carboxylic acids is 1. The van der Waals surface area contributed by atoms with E-state index >= 15 is 0 Å². The molecule has 0 aliphatic carbocycles. The predicted molar refractivity (Wildman–Crippen MR) is 193 cm³/mol. The topological polar surface area (TPSA) is 108 Å². The van der Waals surface area contributed by atoms with Crippen LogP contribution in [0.1, 0.15) is 43.0 Å². The average Bonchev–Trinajstić information content (AvgIpc) is 3.73. The Bertz CT molecular complexity index is 2010.